The second-order valence-electron chi connectivity index (χ2n) is 6.89. The summed E-state index contributed by atoms with van der Waals surface area (Å²) < 4.78 is 6.10. The third kappa shape index (κ3) is 3.63. The number of amides is 1. The maximum atomic E-state index is 12.4. The van der Waals surface area contributed by atoms with Crippen molar-refractivity contribution in [1.29, 1.82) is 0 Å². The van der Waals surface area contributed by atoms with Crippen LogP contribution in [0.3, 0.4) is 0 Å². The Morgan fingerprint density at radius 1 is 1.03 bits per heavy atom. The molecule has 6 heteroatoms. The summed E-state index contributed by atoms with van der Waals surface area (Å²) in [5, 5.41) is 11.9. The molecule has 0 spiro atoms. The molecule has 1 aliphatic rings. The van der Waals surface area contributed by atoms with Gasteiger partial charge in [0.15, 0.2) is 0 Å². The van der Waals surface area contributed by atoms with Gasteiger partial charge in [0, 0.05) is 16.1 Å². The summed E-state index contributed by atoms with van der Waals surface area (Å²) in [6, 6.07) is 19.3. The molecule has 146 valence electrons. The van der Waals surface area contributed by atoms with Gasteiger partial charge in [-0.1, -0.05) is 64.5 Å². The molecule has 5 nitrogen and oxygen atoms in total. The van der Waals surface area contributed by atoms with Gasteiger partial charge in [0.25, 0.3) is 0 Å². The molecule has 29 heavy (non-hydrogen) atoms. The van der Waals surface area contributed by atoms with Gasteiger partial charge in [-0.05, 0) is 46.9 Å². The van der Waals surface area contributed by atoms with Crippen molar-refractivity contribution in [3.63, 3.8) is 0 Å². The van der Waals surface area contributed by atoms with Crippen molar-refractivity contribution in [1.82, 2.24) is 0 Å². The number of nitrogens with one attached hydrogen (secondary N) is 1. The van der Waals surface area contributed by atoms with Crippen molar-refractivity contribution in [2.45, 2.75) is 12.8 Å². The fourth-order valence-corrected chi connectivity index (χ4v) is 4.19. The first-order chi connectivity index (χ1) is 14.0. The lowest BCUT2D eigenvalue weighted by Crippen LogP contribution is -2.18. The van der Waals surface area contributed by atoms with Crippen LogP contribution in [-0.2, 0) is 4.74 Å². The predicted octanol–water partition coefficient (Wildman–Crippen LogP) is 5.82. The summed E-state index contributed by atoms with van der Waals surface area (Å²) in [6.45, 7) is 1.89. The summed E-state index contributed by atoms with van der Waals surface area (Å²) in [6.07, 6.45) is -0.626. The first-order valence-corrected chi connectivity index (χ1v) is 9.90. The number of benzene rings is 3. The van der Waals surface area contributed by atoms with E-state index in [4.69, 9.17) is 4.74 Å². The van der Waals surface area contributed by atoms with Gasteiger partial charge in [0.2, 0.25) is 0 Å². The molecule has 2 N–H and O–H groups in total. The van der Waals surface area contributed by atoms with Crippen molar-refractivity contribution in [2.24, 2.45) is 0 Å². The standard InChI is InChI=1S/C23H18BrNO4/c1-13-19(22(26)27)10-14(11-21(13)24)25-23(28)29-12-20-17-8-4-2-6-15(17)16-7-3-5-9-18(16)20/h2-11,20H,12H2,1H3,(H,25,28)(H,26,27). The van der Waals surface area contributed by atoms with Crippen molar-refractivity contribution >= 4 is 33.7 Å². The number of hydrogen-bond donors (Lipinski definition) is 2. The SMILES string of the molecule is Cc1c(Br)cc(NC(=O)OCC2c3ccccc3-c3ccccc32)cc1C(=O)O. The van der Waals surface area contributed by atoms with Crippen LogP contribution in [0.1, 0.15) is 33.0 Å². The van der Waals surface area contributed by atoms with Crippen LogP contribution in [0.15, 0.2) is 65.1 Å². The molecule has 0 saturated heterocycles. The highest BCUT2D eigenvalue weighted by atomic mass is 79.9. The van der Waals surface area contributed by atoms with E-state index in [1.54, 1.807) is 13.0 Å². The van der Waals surface area contributed by atoms with Crippen LogP contribution in [0.2, 0.25) is 0 Å². The van der Waals surface area contributed by atoms with E-state index in [0.717, 1.165) is 22.3 Å². The van der Waals surface area contributed by atoms with Gasteiger partial charge >= 0.3 is 12.1 Å². The van der Waals surface area contributed by atoms with Crippen LogP contribution in [0.5, 0.6) is 0 Å². The molecule has 3 aromatic carbocycles. The number of ether oxygens (including phenoxy) is 1. The lowest BCUT2D eigenvalue weighted by atomic mass is 9.98. The Morgan fingerprint density at radius 2 is 1.62 bits per heavy atom. The van der Waals surface area contributed by atoms with Crippen LogP contribution in [0.4, 0.5) is 10.5 Å². The zero-order valence-electron chi connectivity index (χ0n) is 15.6. The quantitative estimate of drug-likeness (QED) is 0.524. The Labute approximate surface area is 176 Å². The number of rotatable bonds is 4. The largest absolute Gasteiger partial charge is 0.478 e. The highest BCUT2D eigenvalue weighted by molar-refractivity contribution is 9.10. The van der Waals surface area contributed by atoms with Crippen LogP contribution < -0.4 is 5.32 Å². The third-order valence-corrected chi connectivity index (χ3v) is 5.99. The van der Waals surface area contributed by atoms with Crippen molar-refractivity contribution in [3.05, 3.63) is 87.4 Å². The minimum Gasteiger partial charge on any atom is -0.478 e. The number of fused-ring (bicyclic) bond motifs is 3. The number of aromatic carboxylic acids is 1. The maximum absolute atomic E-state index is 12.4. The summed E-state index contributed by atoms with van der Waals surface area (Å²) in [5.41, 5.74) is 5.65. The lowest BCUT2D eigenvalue weighted by molar-refractivity contribution is 0.0696. The fraction of sp³-hybridized carbons (Fsp3) is 0.130. The molecule has 0 aromatic heterocycles. The molecular formula is C23H18BrNO4. The van der Waals surface area contributed by atoms with Crippen LogP contribution in [0, 0.1) is 6.92 Å². The molecule has 0 saturated carbocycles. The minimum absolute atomic E-state index is 0.0347. The maximum Gasteiger partial charge on any atom is 0.411 e. The molecule has 0 aliphatic heterocycles. The second kappa shape index (κ2) is 7.72. The van der Waals surface area contributed by atoms with Crippen molar-refractivity contribution in [2.75, 3.05) is 11.9 Å². The highest BCUT2D eigenvalue weighted by Crippen LogP contribution is 2.44. The Kier molecular flexibility index (Phi) is 5.11. The molecule has 4 rings (SSSR count). The van der Waals surface area contributed by atoms with Gasteiger partial charge in [0.1, 0.15) is 6.61 Å². The van der Waals surface area contributed by atoms with E-state index in [1.165, 1.54) is 6.07 Å². The molecule has 3 aromatic rings. The van der Waals surface area contributed by atoms with Crippen molar-refractivity contribution in [3.8, 4) is 11.1 Å². The normalized spacial score (nSPS) is 12.2. The molecule has 0 bridgehead atoms. The van der Waals surface area contributed by atoms with E-state index in [9.17, 15) is 14.7 Å². The molecule has 1 aliphatic carbocycles. The topological polar surface area (TPSA) is 75.6 Å². The number of anilines is 1. The first-order valence-electron chi connectivity index (χ1n) is 9.11. The first kappa shape index (κ1) is 19.2. The van der Waals surface area contributed by atoms with E-state index in [-0.39, 0.29) is 18.1 Å². The number of hydrogen-bond acceptors (Lipinski definition) is 3. The third-order valence-electron chi connectivity index (χ3n) is 5.16. The number of carboxylic acid groups (broad SMARTS) is 1. The number of carboxylic acids is 1. The Hall–Kier alpha value is -3.12. The molecule has 0 radical (unpaired) electrons. The smallest absolute Gasteiger partial charge is 0.411 e. The summed E-state index contributed by atoms with van der Waals surface area (Å²) >= 11 is 3.33. The van der Waals surface area contributed by atoms with E-state index in [0.29, 0.717) is 15.7 Å². The van der Waals surface area contributed by atoms with Crippen LogP contribution in [-0.4, -0.2) is 23.8 Å². The fourth-order valence-electron chi connectivity index (χ4n) is 3.73. The summed E-state index contributed by atoms with van der Waals surface area (Å²) in [5.74, 6) is -1.09. The summed E-state index contributed by atoms with van der Waals surface area (Å²) in [7, 11) is 0. The van der Waals surface area contributed by atoms with E-state index >= 15 is 0 Å². The highest BCUT2D eigenvalue weighted by Gasteiger charge is 2.29. The number of carbonyl (C=O) groups is 2. The van der Waals surface area contributed by atoms with Gasteiger partial charge in [-0.2, -0.15) is 0 Å². The molecule has 0 atom stereocenters. The Balaban J connectivity index is 1.51. The molecule has 1 amide bonds. The predicted molar refractivity (Wildman–Crippen MR) is 115 cm³/mol. The van der Waals surface area contributed by atoms with Gasteiger partial charge in [0.05, 0.1) is 5.56 Å². The van der Waals surface area contributed by atoms with Gasteiger partial charge < -0.3 is 9.84 Å². The Morgan fingerprint density at radius 3 is 2.21 bits per heavy atom. The molecule has 0 unspecified atom stereocenters. The lowest BCUT2D eigenvalue weighted by Gasteiger charge is -2.15. The number of carbonyl (C=O) groups excluding carboxylic acids is 1. The number of halogens is 1. The van der Waals surface area contributed by atoms with E-state index < -0.39 is 12.1 Å². The molecule has 0 heterocycles. The zero-order valence-corrected chi connectivity index (χ0v) is 17.2. The van der Waals surface area contributed by atoms with E-state index in [1.807, 2.05) is 24.3 Å². The molecular weight excluding hydrogens is 434 g/mol. The van der Waals surface area contributed by atoms with E-state index in [2.05, 4.69) is 45.5 Å². The zero-order chi connectivity index (χ0) is 20.5. The van der Waals surface area contributed by atoms with Gasteiger partial charge in [-0.25, -0.2) is 9.59 Å². The van der Waals surface area contributed by atoms with Gasteiger partial charge in [-0.15, -0.1) is 0 Å². The second-order valence-corrected chi connectivity index (χ2v) is 7.74. The summed E-state index contributed by atoms with van der Waals surface area (Å²) in [4.78, 5) is 23.8. The van der Waals surface area contributed by atoms with Crippen molar-refractivity contribution < 1.29 is 19.4 Å². The van der Waals surface area contributed by atoms with Crippen LogP contribution >= 0.6 is 15.9 Å². The monoisotopic (exact) mass is 451 g/mol. The van der Waals surface area contributed by atoms with Crippen LogP contribution in [0.25, 0.3) is 11.1 Å². The molecule has 0 fully saturated rings. The average molecular weight is 452 g/mol. The average Bonchev–Trinajstić information content (AvgIpc) is 3.03. The Bertz CT molecular complexity index is 1080. The van der Waals surface area contributed by atoms with Gasteiger partial charge in [-0.3, -0.25) is 5.32 Å². The minimum atomic E-state index is -1.06.